The van der Waals surface area contributed by atoms with Gasteiger partial charge in [0.25, 0.3) is 0 Å². The predicted octanol–water partition coefficient (Wildman–Crippen LogP) is 5.04. The van der Waals surface area contributed by atoms with E-state index in [4.69, 9.17) is 0 Å². The number of likely N-dealkylation sites (tertiary alicyclic amines) is 1. The van der Waals surface area contributed by atoms with Gasteiger partial charge in [-0.15, -0.1) is 12.4 Å². The highest BCUT2D eigenvalue weighted by molar-refractivity contribution is 5.85. The summed E-state index contributed by atoms with van der Waals surface area (Å²) in [5.41, 5.74) is 3.36. The second kappa shape index (κ2) is 10.1. The van der Waals surface area contributed by atoms with E-state index in [1.165, 1.54) is 18.4 Å². The summed E-state index contributed by atoms with van der Waals surface area (Å²) in [6.07, 6.45) is 2.36. The molecule has 0 aromatic heterocycles. The zero-order valence-corrected chi connectivity index (χ0v) is 18.7. The second-order valence-electron chi connectivity index (χ2n) is 8.45. The fraction of sp³-hybridized carbons (Fsp3) is 0.500. The van der Waals surface area contributed by atoms with Gasteiger partial charge in [0.2, 0.25) is 0 Å². The van der Waals surface area contributed by atoms with Crippen molar-refractivity contribution in [2.24, 2.45) is 0 Å². The normalized spacial score (nSPS) is 20.1. The Morgan fingerprint density at radius 1 is 0.833 bits per heavy atom. The van der Waals surface area contributed by atoms with Gasteiger partial charge in [0.15, 0.2) is 0 Å². The van der Waals surface area contributed by atoms with Gasteiger partial charge in [-0.3, -0.25) is 9.80 Å². The number of nitrogens with zero attached hydrogens (tertiary/aromatic N) is 3. The van der Waals surface area contributed by atoms with Gasteiger partial charge >= 0.3 is 0 Å². The average Bonchev–Trinajstić information content (AvgIpc) is 2.74. The quantitative estimate of drug-likeness (QED) is 0.665. The monoisotopic (exact) mass is 435 g/mol. The Hall–Kier alpha value is -1.69. The number of anilines is 1. The Kier molecular flexibility index (Phi) is 7.72. The van der Waals surface area contributed by atoms with Gasteiger partial charge in [-0.2, -0.15) is 0 Å². The summed E-state index contributed by atoms with van der Waals surface area (Å²) in [6.45, 7) is 10.5. The molecule has 3 nitrogen and oxygen atoms in total. The molecule has 0 N–H and O–H groups in total. The first-order chi connectivity index (χ1) is 14.0. The van der Waals surface area contributed by atoms with Crippen LogP contribution in [0.5, 0.6) is 0 Å². The molecule has 6 heteroatoms. The summed E-state index contributed by atoms with van der Waals surface area (Å²) < 4.78 is 26.6. The van der Waals surface area contributed by atoms with Gasteiger partial charge in [-0.25, -0.2) is 8.78 Å². The van der Waals surface area contributed by atoms with E-state index < -0.39 is 0 Å². The van der Waals surface area contributed by atoms with Gasteiger partial charge in [0, 0.05) is 57.0 Å². The van der Waals surface area contributed by atoms with Crippen molar-refractivity contribution in [3.63, 3.8) is 0 Å². The third kappa shape index (κ3) is 5.13. The minimum absolute atomic E-state index is 0. The van der Waals surface area contributed by atoms with E-state index in [-0.39, 0.29) is 24.0 Å². The zero-order valence-electron chi connectivity index (χ0n) is 17.9. The van der Waals surface area contributed by atoms with Gasteiger partial charge < -0.3 is 4.90 Å². The molecule has 0 radical (unpaired) electrons. The minimum atomic E-state index is -0.172. The lowest BCUT2D eigenvalue weighted by Crippen LogP contribution is -2.53. The number of halogens is 3. The lowest BCUT2D eigenvalue weighted by Gasteiger charge is -2.44. The lowest BCUT2D eigenvalue weighted by atomic mass is 9.98. The molecule has 2 aromatic carbocycles. The molecular weight excluding hydrogens is 404 g/mol. The highest BCUT2D eigenvalue weighted by Gasteiger charge is 2.29. The highest BCUT2D eigenvalue weighted by atomic mass is 35.5. The van der Waals surface area contributed by atoms with Crippen molar-refractivity contribution in [2.75, 3.05) is 44.2 Å². The van der Waals surface area contributed by atoms with Crippen LogP contribution in [0.1, 0.15) is 36.9 Å². The Balaban J connectivity index is 0.00000256. The van der Waals surface area contributed by atoms with Crippen molar-refractivity contribution in [3.8, 4) is 0 Å². The van der Waals surface area contributed by atoms with E-state index in [0.29, 0.717) is 12.1 Å². The molecule has 0 bridgehead atoms. The molecule has 1 unspecified atom stereocenters. The summed E-state index contributed by atoms with van der Waals surface area (Å²) >= 11 is 0. The van der Waals surface area contributed by atoms with Crippen LogP contribution in [0.15, 0.2) is 42.5 Å². The first-order valence-corrected chi connectivity index (χ1v) is 10.8. The van der Waals surface area contributed by atoms with Gasteiger partial charge in [0.1, 0.15) is 11.6 Å². The van der Waals surface area contributed by atoms with E-state index in [1.807, 2.05) is 25.1 Å². The molecule has 0 spiro atoms. The number of hydrogen-bond donors (Lipinski definition) is 0. The Bertz CT molecular complexity index is 814. The maximum Gasteiger partial charge on any atom is 0.123 e. The average molecular weight is 436 g/mol. The maximum absolute atomic E-state index is 13.4. The number of rotatable bonds is 4. The number of piperidine rings is 1. The Morgan fingerprint density at radius 2 is 1.43 bits per heavy atom. The van der Waals surface area contributed by atoms with Crippen LogP contribution in [0.3, 0.4) is 0 Å². The second-order valence-corrected chi connectivity index (χ2v) is 8.45. The summed E-state index contributed by atoms with van der Waals surface area (Å²) in [4.78, 5) is 7.54. The van der Waals surface area contributed by atoms with Gasteiger partial charge in [-0.05, 0) is 68.1 Å². The minimum Gasteiger partial charge on any atom is -0.369 e. The van der Waals surface area contributed by atoms with Crippen LogP contribution in [0, 0.1) is 18.6 Å². The third-order valence-corrected chi connectivity index (χ3v) is 6.73. The fourth-order valence-corrected chi connectivity index (χ4v) is 4.89. The van der Waals surface area contributed by atoms with E-state index in [2.05, 4.69) is 21.6 Å². The standard InChI is InChI=1S/C24H31F2N3.ClH/c1-18-17-22(26)7-8-24(18)29-15-13-28(14-16-29)23-9-11-27(12-10-23)19(2)20-3-5-21(25)6-4-20;/h3-8,17,19,23H,9-16H2,1-2H3;1H. The first-order valence-electron chi connectivity index (χ1n) is 10.8. The number of aryl methyl sites for hydroxylation is 1. The van der Waals surface area contributed by atoms with Crippen LogP contribution in [-0.4, -0.2) is 55.1 Å². The molecular formula is C24H32ClF2N3. The van der Waals surface area contributed by atoms with Gasteiger partial charge in [-0.1, -0.05) is 12.1 Å². The molecule has 2 heterocycles. The largest absolute Gasteiger partial charge is 0.369 e. The van der Waals surface area contributed by atoms with Crippen LogP contribution < -0.4 is 4.90 Å². The SMILES string of the molecule is Cc1cc(F)ccc1N1CCN(C2CCN(C(C)c3ccc(F)cc3)CC2)CC1.Cl. The number of piperazine rings is 1. The molecule has 4 rings (SSSR count). The molecule has 0 amide bonds. The highest BCUT2D eigenvalue weighted by Crippen LogP contribution is 2.28. The Morgan fingerprint density at radius 3 is 2.03 bits per heavy atom. The molecule has 0 saturated carbocycles. The molecule has 2 aliphatic heterocycles. The van der Waals surface area contributed by atoms with E-state index in [0.717, 1.165) is 50.5 Å². The van der Waals surface area contributed by atoms with Crippen LogP contribution in [0.4, 0.5) is 14.5 Å². The fourth-order valence-electron chi connectivity index (χ4n) is 4.89. The summed E-state index contributed by atoms with van der Waals surface area (Å²) in [5, 5.41) is 0. The number of benzene rings is 2. The van der Waals surface area contributed by atoms with Crippen LogP contribution in [-0.2, 0) is 0 Å². The van der Waals surface area contributed by atoms with E-state index in [1.54, 1.807) is 24.3 Å². The summed E-state index contributed by atoms with van der Waals surface area (Å²) in [7, 11) is 0. The molecule has 2 aliphatic rings. The van der Waals surface area contributed by atoms with Crippen molar-refractivity contribution in [1.82, 2.24) is 9.80 Å². The van der Waals surface area contributed by atoms with Crippen LogP contribution >= 0.6 is 12.4 Å². The molecule has 0 aliphatic carbocycles. The summed E-state index contributed by atoms with van der Waals surface area (Å²) in [5.74, 6) is -0.332. The summed E-state index contributed by atoms with van der Waals surface area (Å²) in [6, 6.07) is 13.0. The third-order valence-electron chi connectivity index (χ3n) is 6.73. The van der Waals surface area contributed by atoms with Crippen molar-refractivity contribution in [1.29, 1.82) is 0 Å². The van der Waals surface area contributed by atoms with Crippen molar-refractivity contribution < 1.29 is 8.78 Å². The van der Waals surface area contributed by atoms with E-state index >= 15 is 0 Å². The van der Waals surface area contributed by atoms with Crippen molar-refractivity contribution in [3.05, 3.63) is 65.2 Å². The first kappa shape index (κ1) is 23.0. The predicted molar refractivity (Wildman–Crippen MR) is 122 cm³/mol. The zero-order chi connectivity index (χ0) is 20.4. The maximum atomic E-state index is 13.4. The smallest absolute Gasteiger partial charge is 0.123 e. The molecule has 2 aromatic rings. The molecule has 2 saturated heterocycles. The topological polar surface area (TPSA) is 9.72 Å². The molecule has 2 fully saturated rings. The molecule has 30 heavy (non-hydrogen) atoms. The van der Waals surface area contributed by atoms with Crippen LogP contribution in [0.2, 0.25) is 0 Å². The van der Waals surface area contributed by atoms with Crippen molar-refractivity contribution in [2.45, 2.75) is 38.8 Å². The van der Waals surface area contributed by atoms with E-state index in [9.17, 15) is 8.78 Å². The molecule has 164 valence electrons. The van der Waals surface area contributed by atoms with Crippen LogP contribution in [0.25, 0.3) is 0 Å². The van der Waals surface area contributed by atoms with Crippen molar-refractivity contribution >= 4 is 18.1 Å². The Labute approximate surface area is 185 Å². The lowest BCUT2D eigenvalue weighted by molar-refractivity contribution is 0.0840. The number of hydrogen-bond acceptors (Lipinski definition) is 3. The molecule has 1 atom stereocenters. The van der Waals surface area contributed by atoms with Gasteiger partial charge in [0.05, 0.1) is 0 Å².